The fraction of sp³-hybridized carbons (Fsp3) is 0.300. The number of H-pyrrole nitrogens is 1. The van der Waals surface area contributed by atoms with Crippen LogP contribution in [0.3, 0.4) is 0 Å². The Bertz CT molecular complexity index is 450. The summed E-state index contributed by atoms with van der Waals surface area (Å²) in [4.78, 5) is 0. The van der Waals surface area contributed by atoms with Crippen LogP contribution in [0.15, 0.2) is 18.2 Å². The van der Waals surface area contributed by atoms with E-state index in [4.69, 9.17) is 4.74 Å². The van der Waals surface area contributed by atoms with Crippen molar-refractivity contribution in [1.29, 1.82) is 0 Å². The van der Waals surface area contributed by atoms with Crippen molar-refractivity contribution >= 4 is 0 Å². The van der Waals surface area contributed by atoms with Crippen molar-refractivity contribution in [2.24, 2.45) is 0 Å². The summed E-state index contributed by atoms with van der Waals surface area (Å²) in [5.74, 6) is 0.930. The van der Waals surface area contributed by atoms with E-state index in [9.17, 15) is 0 Å². The van der Waals surface area contributed by atoms with Crippen LogP contribution in [-0.2, 0) is 6.54 Å². The Kier molecular flexibility index (Phi) is 3.11. The molecule has 0 aliphatic rings. The van der Waals surface area contributed by atoms with Gasteiger partial charge in [-0.1, -0.05) is 0 Å². The molecule has 6 nitrogen and oxygen atoms in total. The van der Waals surface area contributed by atoms with E-state index < -0.39 is 0 Å². The highest BCUT2D eigenvalue weighted by Crippen LogP contribution is 2.16. The van der Waals surface area contributed by atoms with E-state index >= 15 is 0 Å². The van der Waals surface area contributed by atoms with Gasteiger partial charge in [-0.25, -0.2) is 0 Å². The van der Waals surface area contributed by atoms with Crippen LogP contribution in [0.5, 0.6) is 11.8 Å². The Morgan fingerprint density at radius 3 is 2.75 bits per heavy atom. The summed E-state index contributed by atoms with van der Waals surface area (Å²) in [5.41, 5.74) is 1.81. The summed E-state index contributed by atoms with van der Waals surface area (Å²) in [6.45, 7) is 2.59. The molecule has 0 fully saturated rings. The smallest absolute Gasteiger partial charge is 0.240 e. The normalized spacial score (nSPS) is 10.4. The van der Waals surface area contributed by atoms with Gasteiger partial charge in [-0.2, -0.15) is 5.10 Å². The topological polar surface area (TPSA) is 75.7 Å². The van der Waals surface area contributed by atoms with Gasteiger partial charge >= 0.3 is 0 Å². The van der Waals surface area contributed by atoms with Gasteiger partial charge in [0.15, 0.2) is 0 Å². The van der Waals surface area contributed by atoms with Gasteiger partial charge in [0, 0.05) is 24.4 Å². The molecule has 2 N–H and O–H groups in total. The average Bonchev–Trinajstić information content (AvgIpc) is 2.67. The van der Waals surface area contributed by atoms with Crippen LogP contribution >= 0.6 is 0 Å². The third kappa shape index (κ3) is 2.54. The molecule has 2 aromatic rings. The first kappa shape index (κ1) is 10.6. The lowest BCUT2D eigenvalue weighted by atomic mass is 10.4. The molecule has 2 heterocycles. The van der Waals surface area contributed by atoms with Crippen LogP contribution in [0.2, 0.25) is 0 Å². The second-order valence-corrected chi connectivity index (χ2v) is 3.38. The van der Waals surface area contributed by atoms with Crippen molar-refractivity contribution in [1.82, 2.24) is 25.7 Å². The maximum atomic E-state index is 5.40. The van der Waals surface area contributed by atoms with E-state index in [1.54, 1.807) is 12.1 Å². The summed E-state index contributed by atoms with van der Waals surface area (Å²) >= 11 is 0. The van der Waals surface area contributed by atoms with Crippen molar-refractivity contribution in [2.75, 3.05) is 7.05 Å². The molecule has 0 saturated carbocycles. The highest BCUT2D eigenvalue weighted by molar-refractivity contribution is 5.20. The van der Waals surface area contributed by atoms with E-state index in [1.807, 2.05) is 20.0 Å². The molecule has 0 bridgehead atoms. The molecule has 0 radical (unpaired) electrons. The number of hydrogen-bond donors (Lipinski definition) is 2. The zero-order valence-electron chi connectivity index (χ0n) is 9.19. The molecule has 0 amide bonds. The molecule has 84 valence electrons. The SMILES string of the molecule is CNCc1ccc(Oc2cc(C)[nH]n2)nn1. The quantitative estimate of drug-likeness (QED) is 0.803. The fourth-order valence-electron chi connectivity index (χ4n) is 1.23. The average molecular weight is 219 g/mol. The molecule has 0 unspecified atom stereocenters. The lowest BCUT2D eigenvalue weighted by Gasteiger charge is -2.01. The number of aryl methyl sites for hydroxylation is 1. The number of aromatic amines is 1. The second-order valence-electron chi connectivity index (χ2n) is 3.38. The third-order valence-corrected chi connectivity index (χ3v) is 1.94. The minimum atomic E-state index is 0.436. The molecule has 0 atom stereocenters. The van der Waals surface area contributed by atoms with Gasteiger partial charge in [0.1, 0.15) is 0 Å². The van der Waals surface area contributed by atoms with Gasteiger partial charge in [-0.3, -0.25) is 5.10 Å². The van der Waals surface area contributed by atoms with Crippen LogP contribution in [0, 0.1) is 6.92 Å². The van der Waals surface area contributed by atoms with E-state index in [0.29, 0.717) is 18.3 Å². The van der Waals surface area contributed by atoms with Crippen LogP contribution in [0.4, 0.5) is 0 Å². The van der Waals surface area contributed by atoms with Gasteiger partial charge < -0.3 is 10.1 Å². The molecular formula is C10H13N5O. The third-order valence-electron chi connectivity index (χ3n) is 1.94. The number of ether oxygens (including phenoxy) is 1. The molecule has 0 saturated heterocycles. The monoisotopic (exact) mass is 219 g/mol. The Hall–Kier alpha value is -1.95. The first-order valence-corrected chi connectivity index (χ1v) is 4.95. The standard InChI is InChI=1S/C10H13N5O/c1-7-5-10(15-12-7)16-9-4-3-8(6-11-2)13-14-9/h3-5,11H,6H2,1-2H3,(H,12,15). The van der Waals surface area contributed by atoms with Crippen molar-refractivity contribution < 1.29 is 4.74 Å². The van der Waals surface area contributed by atoms with Crippen molar-refractivity contribution in [3.05, 3.63) is 29.6 Å². The van der Waals surface area contributed by atoms with Gasteiger partial charge in [0.2, 0.25) is 11.8 Å². The Morgan fingerprint density at radius 1 is 1.31 bits per heavy atom. The number of nitrogens with zero attached hydrogens (tertiary/aromatic N) is 3. The molecule has 0 aliphatic heterocycles. The summed E-state index contributed by atoms with van der Waals surface area (Å²) in [6.07, 6.45) is 0. The molecule has 6 heteroatoms. The summed E-state index contributed by atoms with van der Waals surface area (Å²) in [6, 6.07) is 5.42. The van der Waals surface area contributed by atoms with Gasteiger partial charge in [-0.15, -0.1) is 10.2 Å². The van der Waals surface area contributed by atoms with E-state index in [-0.39, 0.29) is 0 Å². The summed E-state index contributed by atoms with van der Waals surface area (Å²) in [7, 11) is 1.86. The maximum Gasteiger partial charge on any atom is 0.240 e. The summed E-state index contributed by atoms with van der Waals surface area (Å²) < 4.78 is 5.40. The fourth-order valence-corrected chi connectivity index (χ4v) is 1.23. The zero-order valence-corrected chi connectivity index (χ0v) is 9.19. The highest BCUT2D eigenvalue weighted by atomic mass is 16.5. The van der Waals surface area contributed by atoms with Crippen molar-refractivity contribution in [3.63, 3.8) is 0 Å². The van der Waals surface area contributed by atoms with Crippen molar-refractivity contribution in [3.8, 4) is 11.8 Å². The second kappa shape index (κ2) is 4.71. The molecule has 2 aromatic heterocycles. The molecule has 2 rings (SSSR count). The lowest BCUT2D eigenvalue weighted by Crippen LogP contribution is -2.07. The van der Waals surface area contributed by atoms with Gasteiger partial charge in [-0.05, 0) is 20.0 Å². The molecular weight excluding hydrogens is 206 g/mol. The number of hydrogen-bond acceptors (Lipinski definition) is 5. The number of rotatable bonds is 4. The maximum absolute atomic E-state index is 5.40. The first-order chi connectivity index (χ1) is 7.78. The van der Waals surface area contributed by atoms with Crippen LogP contribution in [0.25, 0.3) is 0 Å². The molecule has 0 spiro atoms. The van der Waals surface area contributed by atoms with Gasteiger partial charge in [0.25, 0.3) is 0 Å². The van der Waals surface area contributed by atoms with Crippen LogP contribution < -0.4 is 10.1 Å². The lowest BCUT2D eigenvalue weighted by molar-refractivity contribution is 0.435. The van der Waals surface area contributed by atoms with Crippen LogP contribution in [-0.4, -0.2) is 27.4 Å². The van der Waals surface area contributed by atoms with E-state index in [1.165, 1.54) is 0 Å². The van der Waals surface area contributed by atoms with Crippen LogP contribution in [0.1, 0.15) is 11.4 Å². The molecule has 16 heavy (non-hydrogen) atoms. The number of aromatic nitrogens is 4. The first-order valence-electron chi connectivity index (χ1n) is 4.95. The summed E-state index contributed by atoms with van der Waals surface area (Å²) in [5, 5.41) is 17.7. The van der Waals surface area contributed by atoms with Gasteiger partial charge in [0.05, 0.1) is 5.69 Å². The minimum Gasteiger partial charge on any atom is -0.417 e. The predicted molar refractivity (Wildman–Crippen MR) is 58.2 cm³/mol. The zero-order chi connectivity index (χ0) is 11.4. The molecule has 0 aromatic carbocycles. The minimum absolute atomic E-state index is 0.436. The Morgan fingerprint density at radius 2 is 2.19 bits per heavy atom. The number of nitrogens with one attached hydrogen (secondary N) is 2. The van der Waals surface area contributed by atoms with E-state index in [0.717, 1.165) is 11.4 Å². The Labute approximate surface area is 93.1 Å². The largest absolute Gasteiger partial charge is 0.417 e. The Balaban J connectivity index is 2.05. The predicted octanol–water partition coefficient (Wildman–Crippen LogP) is 1.02. The molecule has 0 aliphatic carbocycles. The van der Waals surface area contributed by atoms with E-state index in [2.05, 4.69) is 25.7 Å². The van der Waals surface area contributed by atoms with Crippen molar-refractivity contribution in [2.45, 2.75) is 13.5 Å². The highest BCUT2D eigenvalue weighted by Gasteiger charge is 2.02.